The minimum Gasteiger partial charge on any atom is -0.264 e. The number of hydrogen-bond donors (Lipinski definition) is 0. The summed E-state index contributed by atoms with van der Waals surface area (Å²) in [5.41, 5.74) is 7.69. The molecule has 0 unspecified atom stereocenters. The fourth-order valence-corrected chi connectivity index (χ4v) is 6.08. The quantitative estimate of drug-likeness (QED) is 0.187. The molecule has 0 N–H and O–H groups in total. The molecule has 46 heavy (non-hydrogen) atoms. The molecule has 0 saturated carbocycles. The largest absolute Gasteiger partial charge is 0.264 e. The van der Waals surface area contributed by atoms with Gasteiger partial charge >= 0.3 is 0 Å². The van der Waals surface area contributed by atoms with Gasteiger partial charge in [0.1, 0.15) is 0 Å². The van der Waals surface area contributed by atoms with Crippen LogP contribution in [0.3, 0.4) is 0 Å². The van der Waals surface area contributed by atoms with Crippen LogP contribution in [0.2, 0.25) is 0 Å². The second kappa shape index (κ2) is 11.5. The fraction of sp³-hybridized carbons (Fsp3) is 0. The summed E-state index contributed by atoms with van der Waals surface area (Å²) >= 11 is 0. The van der Waals surface area contributed by atoms with Gasteiger partial charge in [-0.3, -0.25) is 4.98 Å². The second-order valence-corrected chi connectivity index (χ2v) is 11.0. The van der Waals surface area contributed by atoms with Crippen molar-refractivity contribution in [2.45, 2.75) is 0 Å². The average Bonchev–Trinajstić information content (AvgIpc) is 3.15. The number of hydrogen-bond acceptors (Lipinski definition) is 5. The number of pyridine rings is 1. The van der Waals surface area contributed by atoms with E-state index in [0.717, 1.165) is 44.3 Å². The van der Waals surface area contributed by atoms with Crippen LogP contribution in [0.15, 0.2) is 152 Å². The highest BCUT2D eigenvalue weighted by molar-refractivity contribution is 6.21. The van der Waals surface area contributed by atoms with E-state index in [0.29, 0.717) is 23.0 Å². The highest BCUT2D eigenvalue weighted by atomic mass is 15.0. The van der Waals surface area contributed by atoms with Crippen molar-refractivity contribution in [3.8, 4) is 62.5 Å². The van der Waals surface area contributed by atoms with Gasteiger partial charge in [0, 0.05) is 29.1 Å². The van der Waals surface area contributed by atoms with E-state index < -0.39 is 0 Å². The molecule has 0 amide bonds. The van der Waals surface area contributed by atoms with Crippen LogP contribution in [0.25, 0.3) is 78.0 Å². The molecule has 6 aromatic carbocycles. The molecular formula is C41H25N5. The maximum atomic E-state index is 9.46. The monoisotopic (exact) mass is 587 g/mol. The zero-order valence-corrected chi connectivity index (χ0v) is 24.7. The Bertz CT molecular complexity index is 2340. The minimum absolute atomic E-state index is 0.574. The lowest BCUT2D eigenvalue weighted by Gasteiger charge is -2.19. The molecule has 2 heterocycles. The van der Waals surface area contributed by atoms with Gasteiger partial charge in [0.15, 0.2) is 17.5 Å². The first-order valence-electron chi connectivity index (χ1n) is 15.0. The lowest BCUT2D eigenvalue weighted by Crippen LogP contribution is -2.00. The topological polar surface area (TPSA) is 75.3 Å². The number of rotatable bonds is 5. The molecule has 5 nitrogen and oxygen atoms in total. The van der Waals surface area contributed by atoms with E-state index in [4.69, 9.17) is 15.0 Å². The molecule has 0 saturated heterocycles. The average molecular weight is 588 g/mol. The highest BCUT2D eigenvalue weighted by Gasteiger charge is 2.18. The molecular weight excluding hydrogens is 562 g/mol. The third-order valence-corrected chi connectivity index (χ3v) is 8.25. The van der Waals surface area contributed by atoms with Crippen LogP contribution in [-0.2, 0) is 0 Å². The van der Waals surface area contributed by atoms with Gasteiger partial charge in [0.2, 0.25) is 0 Å². The molecule has 2 aromatic heterocycles. The zero-order chi connectivity index (χ0) is 30.9. The highest BCUT2D eigenvalue weighted by Crippen LogP contribution is 2.44. The normalized spacial score (nSPS) is 11.0. The number of nitrogens with zero attached hydrogens (tertiary/aromatic N) is 5. The van der Waals surface area contributed by atoms with E-state index in [1.165, 1.54) is 16.2 Å². The van der Waals surface area contributed by atoms with Gasteiger partial charge in [-0.05, 0) is 68.1 Å². The van der Waals surface area contributed by atoms with Crippen LogP contribution in [0.4, 0.5) is 0 Å². The van der Waals surface area contributed by atoms with Crippen molar-refractivity contribution in [3.05, 3.63) is 157 Å². The molecule has 214 valence electrons. The second-order valence-electron chi connectivity index (χ2n) is 11.0. The first-order chi connectivity index (χ1) is 22.8. The van der Waals surface area contributed by atoms with Crippen LogP contribution < -0.4 is 0 Å². The van der Waals surface area contributed by atoms with Crippen molar-refractivity contribution in [2.24, 2.45) is 0 Å². The maximum absolute atomic E-state index is 9.46. The third kappa shape index (κ3) is 4.85. The fourth-order valence-electron chi connectivity index (χ4n) is 6.08. The Morgan fingerprint density at radius 2 is 0.826 bits per heavy atom. The van der Waals surface area contributed by atoms with Gasteiger partial charge in [-0.1, -0.05) is 115 Å². The van der Waals surface area contributed by atoms with Crippen LogP contribution in [0.1, 0.15) is 5.56 Å². The van der Waals surface area contributed by atoms with Crippen LogP contribution in [0.5, 0.6) is 0 Å². The van der Waals surface area contributed by atoms with Crippen molar-refractivity contribution < 1.29 is 0 Å². The molecule has 8 rings (SSSR count). The van der Waals surface area contributed by atoms with Crippen molar-refractivity contribution in [1.29, 1.82) is 5.26 Å². The molecule has 5 heteroatoms. The molecule has 0 aliphatic rings. The number of nitriles is 1. The molecule has 0 bridgehead atoms. The molecule has 0 radical (unpaired) electrons. The summed E-state index contributed by atoms with van der Waals surface area (Å²) in [5.74, 6) is 1.77. The Balaban J connectivity index is 1.32. The van der Waals surface area contributed by atoms with Crippen molar-refractivity contribution in [1.82, 2.24) is 19.9 Å². The van der Waals surface area contributed by atoms with E-state index in [1.807, 2.05) is 66.7 Å². The molecule has 0 spiro atoms. The van der Waals surface area contributed by atoms with E-state index >= 15 is 0 Å². The Kier molecular flexibility index (Phi) is 6.79. The predicted molar refractivity (Wildman–Crippen MR) is 185 cm³/mol. The van der Waals surface area contributed by atoms with E-state index in [2.05, 4.69) is 83.8 Å². The summed E-state index contributed by atoms with van der Waals surface area (Å²) in [6, 6.07) is 49.5. The number of benzene rings is 6. The Hall–Kier alpha value is -6.51. The summed E-state index contributed by atoms with van der Waals surface area (Å²) in [5, 5.41) is 14.2. The minimum atomic E-state index is 0.574. The molecule has 0 fully saturated rings. The maximum Gasteiger partial charge on any atom is 0.165 e. The van der Waals surface area contributed by atoms with Gasteiger partial charge in [-0.2, -0.15) is 5.26 Å². The zero-order valence-electron chi connectivity index (χ0n) is 24.7. The Morgan fingerprint density at radius 1 is 0.391 bits per heavy atom. The molecule has 8 aromatic rings. The molecule has 0 aliphatic heterocycles. The van der Waals surface area contributed by atoms with Crippen LogP contribution in [-0.4, -0.2) is 19.9 Å². The summed E-state index contributed by atoms with van der Waals surface area (Å²) in [4.78, 5) is 18.9. The smallest absolute Gasteiger partial charge is 0.165 e. The standard InChI is InChI=1S/C41H25N5/c42-25-27-16-18-28(19-17-27)37-35-14-6-4-12-33(35)34-13-5-7-15-36(34)38(37)29-20-22-31(23-21-29)40-44-39(30-9-2-1-3-10-30)45-41(46-40)32-11-8-24-43-26-32/h1-24,26H. The third-order valence-electron chi connectivity index (χ3n) is 8.25. The SMILES string of the molecule is N#Cc1ccc(-c2c(-c3ccc(-c4nc(-c5ccccc5)nc(-c5cccnc5)n4)cc3)c3ccccc3c3ccccc23)cc1. The van der Waals surface area contributed by atoms with Crippen molar-refractivity contribution in [2.75, 3.05) is 0 Å². The van der Waals surface area contributed by atoms with E-state index in [1.54, 1.807) is 12.4 Å². The van der Waals surface area contributed by atoms with Crippen molar-refractivity contribution >= 4 is 21.5 Å². The predicted octanol–water partition coefficient (Wildman–Crippen LogP) is 9.78. The lowest BCUT2D eigenvalue weighted by molar-refractivity contribution is 1.07. The Labute approximate surface area is 266 Å². The van der Waals surface area contributed by atoms with E-state index in [-0.39, 0.29) is 0 Å². The number of fused-ring (bicyclic) bond motifs is 3. The van der Waals surface area contributed by atoms with Crippen LogP contribution in [0, 0.1) is 11.3 Å². The van der Waals surface area contributed by atoms with Crippen LogP contribution >= 0.6 is 0 Å². The van der Waals surface area contributed by atoms with Gasteiger partial charge in [-0.15, -0.1) is 0 Å². The first kappa shape index (κ1) is 27.1. The Morgan fingerprint density at radius 3 is 1.35 bits per heavy atom. The van der Waals surface area contributed by atoms with Crippen molar-refractivity contribution in [3.63, 3.8) is 0 Å². The van der Waals surface area contributed by atoms with Gasteiger partial charge in [0.25, 0.3) is 0 Å². The summed E-state index contributed by atoms with van der Waals surface area (Å²) in [6.07, 6.45) is 3.51. The van der Waals surface area contributed by atoms with Gasteiger partial charge in [-0.25, -0.2) is 15.0 Å². The first-order valence-corrected chi connectivity index (χ1v) is 15.0. The van der Waals surface area contributed by atoms with E-state index in [9.17, 15) is 5.26 Å². The molecule has 0 aliphatic carbocycles. The molecule has 0 atom stereocenters. The number of aromatic nitrogens is 4. The lowest BCUT2D eigenvalue weighted by atomic mass is 9.84. The summed E-state index contributed by atoms with van der Waals surface area (Å²) in [6.45, 7) is 0. The van der Waals surface area contributed by atoms with Gasteiger partial charge < -0.3 is 0 Å². The van der Waals surface area contributed by atoms with Gasteiger partial charge in [0.05, 0.1) is 11.6 Å². The summed E-state index contributed by atoms with van der Waals surface area (Å²) < 4.78 is 0. The summed E-state index contributed by atoms with van der Waals surface area (Å²) in [7, 11) is 0.